The fourth-order valence-electron chi connectivity index (χ4n) is 2.94. The van der Waals surface area contributed by atoms with E-state index in [2.05, 4.69) is 29.2 Å². The topological polar surface area (TPSA) is 49.8 Å². The highest BCUT2D eigenvalue weighted by molar-refractivity contribution is 5.87. The third kappa shape index (κ3) is 4.41. The molecule has 1 aliphatic heterocycles. The molecule has 23 heavy (non-hydrogen) atoms. The number of hydrogen-bond donors (Lipinski definition) is 1. The van der Waals surface area contributed by atoms with Crippen LogP contribution < -0.4 is 0 Å². The average Bonchev–Trinajstić information content (AvgIpc) is 2.57. The molecule has 1 fully saturated rings. The molecule has 2 aromatic carbocycles. The van der Waals surface area contributed by atoms with Crippen molar-refractivity contribution >= 4 is 5.97 Å². The van der Waals surface area contributed by atoms with Gasteiger partial charge in [-0.25, -0.2) is 4.79 Å². The molecule has 1 N–H and O–H groups in total. The van der Waals surface area contributed by atoms with Crippen LogP contribution in [0.3, 0.4) is 0 Å². The summed E-state index contributed by atoms with van der Waals surface area (Å²) < 4.78 is 5.88. The summed E-state index contributed by atoms with van der Waals surface area (Å²) in [4.78, 5) is 13.3. The second-order valence-corrected chi connectivity index (χ2v) is 5.92. The quantitative estimate of drug-likeness (QED) is 0.922. The van der Waals surface area contributed by atoms with Crippen molar-refractivity contribution < 1.29 is 14.6 Å². The summed E-state index contributed by atoms with van der Waals surface area (Å²) in [7, 11) is 0. The van der Waals surface area contributed by atoms with Crippen LogP contribution in [-0.2, 0) is 17.7 Å². The van der Waals surface area contributed by atoms with Gasteiger partial charge in [0.2, 0.25) is 0 Å². The Balaban J connectivity index is 1.57. The molecule has 0 radical (unpaired) electrons. The van der Waals surface area contributed by atoms with Gasteiger partial charge in [-0.3, -0.25) is 4.90 Å². The van der Waals surface area contributed by atoms with Crippen LogP contribution >= 0.6 is 0 Å². The van der Waals surface area contributed by atoms with E-state index in [1.54, 1.807) is 12.1 Å². The number of hydrogen-bond acceptors (Lipinski definition) is 3. The average molecular weight is 311 g/mol. The first-order valence-electron chi connectivity index (χ1n) is 7.91. The summed E-state index contributed by atoms with van der Waals surface area (Å²) in [6.45, 7) is 3.38. The van der Waals surface area contributed by atoms with Gasteiger partial charge in [-0.1, -0.05) is 42.5 Å². The molecular weight excluding hydrogens is 290 g/mol. The lowest BCUT2D eigenvalue weighted by molar-refractivity contribution is -0.0304. The molecule has 4 nitrogen and oxygen atoms in total. The van der Waals surface area contributed by atoms with Gasteiger partial charge in [0.25, 0.3) is 0 Å². The van der Waals surface area contributed by atoms with Crippen molar-refractivity contribution in [3.05, 3.63) is 71.3 Å². The molecule has 0 aliphatic carbocycles. The van der Waals surface area contributed by atoms with Crippen LogP contribution in [0, 0.1) is 0 Å². The highest BCUT2D eigenvalue weighted by atomic mass is 16.5. The van der Waals surface area contributed by atoms with Crippen molar-refractivity contribution in [1.82, 2.24) is 4.90 Å². The molecule has 4 heteroatoms. The van der Waals surface area contributed by atoms with Crippen LogP contribution in [0.15, 0.2) is 54.6 Å². The standard InChI is InChI=1S/C19H21NO3/c21-19(22)17-8-6-16(7-9-17)13-20-10-11-23-18(14-20)12-15-4-2-1-3-5-15/h1-9,18H,10-14H2,(H,21,22). The van der Waals surface area contributed by atoms with E-state index in [4.69, 9.17) is 9.84 Å². The van der Waals surface area contributed by atoms with Crippen molar-refractivity contribution in [3.8, 4) is 0 Å². The van der Waals surface area contributed by atoms with Gasteiger partial charge in [0.05, 0.1) is 18.3 Å². The number of carbonyl (C=O) groups is 1. The summed E-state index contributed by atoms with van der Waals surface area (Å²) in [6.07, 6.45) is 1.14. The summed E-state index contributed by atoms with van der Waals surface area (Å²) in [5.41, 5.74) is 2.76. The number of carboxylic acid groups (broad SMARTS) is 1. The Bertz CT molecular complexity index is 639. The molecule has 0 spiro atoms. The summed E-state index contributed by atoms with van der Waals surface area (Å²) in [5, 5.41) is 8.95. The van der Waals surface area contributed by atoms with Crippen molar-refractivity contribution in [2.24, 2.45) is 0 Å². The molecule has 1 aliphatic rings. The lowest BCUT2D eigenvalue weighted by atomic mass is 10.1. The van der Waals surface area contributed by atoms with Crippen molar-refractivity contribution in [3.63, 3.8) is 0 Å². The molecule has 1 unspecified atom stereocenters. The fourth-order valence-corrected chi connectivity index (χ4v) is 2.94. The maximum Gasteiger partial charge on any atom is 0.335 e. The molecule has 2 aromatic rings. The van der Waals surface area contributed by atoms with E-state index in [0.717, 1.165) is 38.2 Å². The Morgan fingerprint density at radius 3 is 2.52 bits per heavy atom. The summed E-state index contributed by atoms with van der Waals surface area (Å²) in [6, 6.07) is 17.5. The number of ether oxygens (including phenoxy) is 1. The molecular formula is C19H21NO3. The minimum atomic E-state index is -0.883. The SMILES string of the molecule is O=C(O)c1ccc(CN2CCOC(Cc3ccccc3)C2)cc1. The molecule has 0 amide bonds. The van der Waals surface area contributed by atoms with E-state index in [0.29, 0.717) is 5.56 Å². The summed E-state index contributed by atoms with van der Waals surface area (Å²) in [5.74, 6) is -0.883. The first kappa shape index (κ1) is 15.7. The Kier molecular flexibility index (Phi) is 5.05. The van der Waals surface area contributed by atoms with E-state index in [9.17, 15) is 4.79 Å². The van der Waals surface area contributed by atoms with Crippen LogP contribution in [0.2, 0.25) is 0 Å². The largest absolute Gasteiger partial charge is 0.478 e. The molecule has 0 saturated carbocycles. The monoisotopic (exact) mass is 311 g/mol. The van der Waals surface area contributed by atoms with Gasteiger partial charge in [-0.05, 0) is 29.7 Å². The molecule has 120 valence electrons. The van der Waals surface area contributed by atoms with Crippen molar-refractivity contribution in [2.75, 3.05) is 19.7 Å². The fraction of sp³-hybridized carbons (Fsp3) is 0.316. The molecule has 1 atom stereocenters. The highest BCUT2D eigenvalue weighted by Crippen LogP contribution is 2.15. The first-order valence-corrected chi connectivity index (χ1v) is 7.91. The Labute approximate surface area is 136 Å². The number of rotatable bonds is 5. The minimum Gasteiger partial charge on any atom is -0.478 e. The Hall–Kier alpha value is -2.17. The molecule has 3 rings (SSSR count). The zero-order valence-electron chi connectivity index (χ0n) is 13.0. The molecule has 0 aromatic heterocycles. The van der Waals surface area contributed by atoms with Crippen molar-refractivity contribution in [1.29, 1.82) is 0 Å². The maximum absolute atomic E-state index is 10.9. The summed E-state index contributed by atoms with van der Waals surface area (Å²) >= 11 is 0. The Morgan fingerprint density at radius 1 is 1.09 bits per heavy atom. The van der Waals surface area contributed by atoms with Gasteiger partial charge >= 0.3 is 5.97 Å². The maximum atomic E-state index is 10.9. The van der Waals surface area contributed by atoms with Gasteiger partial charge in [0, 0.05) is 19.6 Å². The third-order valence-corrected chi connectivity index (χ3v) is 4.14. The van der Waals surface area contributed by atoms with Crippen molar-refractivity contribution in [2.45, 2.75) is 19.1 Å². The highest BCUT2D eigenvalue weighted by Gasteiger charge is 2.20. The zero-order valence-corrected chi connectivity index (χ0v) is 13.0. The van der Waals surface area contributed by atoms with Gasteiger partial charge in [0.15, 0.2) is 0 Å². The zero-order chi connectivity index (χ0) is 16.1. The second kappa shape index (κ2) is 7.40. The number of nitrogens with zero attached hydrogens (tertiary/aromatic N) is 1. The number of benzene rings is 2. The van der Waals surface area contributed by atoms with Crippen LogP contribution in [0.1, 0.15) is 21.5 Å². The van der Waals surface area contributed by atoms with E-state index < -0.39 is 5.97 Å². The second-order valence-electron chi connectivity index (χ2n) is 5.92. The first-order chi connectivity index (χ1) is 11.2. The number of carboxylic acids is 1. The van der Waals surface area contributed by atoms with Gasteiger partial charge in [-0.2, -0.15) is 0 Å². The minimum absolute atomic E-state index is 0.212. The van der Waals surface area contributed by atoms with Gasteiger partial charge in [-0.15, -0.1) is 0 Å². The smallest absolute Gasteiger partial charge is 0.335 e. The van der Waals surface area contributed by atoms with Crippen LogP contribution in [0.5, 0.6) is 0 Å². The number of aromatic carboxylic acids is 1. The molecule has 1 heterocycles. The van der Waals surface area contributed by atoms with Gasteiger partial charge < -0.3 is 9.84 Å². The van der Waals surface area contributed by atoms with Crippen LogP contribution in [0.25, 0.3) is 0 Å². The van der Waals surface area contributed by atoms with E-state index in [1.165, 1.54) is 5.56 Å². The Morgan fingerprint density at radius 2 is 1.83 bits per heavy atom. The lowest BCUT2D eigenvalue weighted by Crippen LogP contribution is -2.42. The predicted molar refractivity (Wildman–Crippen MR) is 88.6 cm³/mol. The van der Waals surface area contributed by atoms with Gasteiger partial charge in [0.1, 0.15) is 0 Å². The molecule has 0 bridgehead atoms. The predicted octanol–water partition coefficient (Wildman–Crippen LogP) is 2.83. The van der Waals surface area contributed by atoms with Crippen LogP contribution in [0.4, 0.5) is 0 Å². The number of morpholine rings is 1. The molecule has 1 saturated heterocycles. The van der Waals surface area contributed by atoms with Crippen LogP contribution in [-0.4, -0.2) is 41.8 Å². The van der Waals surface area contributed by atoms with E-state index in [1.807, 2.05) is 18.2 Å². The lowest BCUT2D eigenvalue weighted by Gasteiger charge is -2.33. The van der Waals surface area contributed by atoms with E-state index >= 15 is 0 Å². The van der Waals surface area contributed by atoms with E-state index in [-0.39, 0.29) is 6.10 Å². The third-order valence-electron chi connectivity index (χ3n) is 4.14. The normalized spacial score (nSPS) is 18.7.